The Morgan fingerprint density at radius 2 is 2.36 bits per heavy atom. The number of hydrogen-bond donors (Lipinski definition) is 0. The molecule has 1 aliphatic rings. The van der Waals surface area contributed by atoms with Crippen molar-refractivity contribution in [3.05, 3.63) is 28.2 Å². The first-order chi connectivity index (χ1) is 6.75. The molecule has 0 amide bonds. The molecule has 14 heavy (non-hydrogen) atoms. The summed E-state index contributed by atoms with van der Waals surface area (Å²) >= 11 is 3.43. The molecule has 1 atom stereocenters. The summed E-state index contributed by atoms with van der Waals surface area (Å²) in [4.78, 5) is 0. The van der Waals surface area contributed by atoms with Gasteiger partial charge in [-0.25, -0.2) is 0 Å². The molecular weight excluding hydrogens is 244 g/mol. The lowest BCUT2D eigenvalue weighted by molar-refractivity contribution is 0.141. The van der Waals surface area contributed by atoms with E-state index in [1.165, 1.54) is 5.56 Å². The van der Waals surface area contributed by atoms with Crippen molar-refractivity contribution >= 4 is 15.9 Å². The van der Waals surface area contributed by atoms with Gasteiger partial charge in [-0.15, -0.1) is 0 Å². The first-order valence-corrected chi connectivity index (χ1v) is 5.55. The van der Waals surface area contributed by atoms with Crippen molar-refractivity contribution in [3.8, 4) is 5.75 Å². The van der Waals surface area contributed by atoms with Gasteiger partial charge in [0.1, 0.15) is 11.9 Å². The molecule has 2 rings (SSSR count). The molecule has 0 spiro atoms. The fourth-order valence-corrected chi connectivity index (χ4v) is 1.83. The van der Waals surface area contributed by atoms with Crippen LogP contribution in [0.3, 0.4) is 0 Å². The molecular formula is C11H13BrO2. The van der Waals surface area contributed by atoms with Crippen LogP contribution in [0.2, 0.25) is 0 Å². The van der Waals surface area contributed by atoms with E-state index in [1.54, 1.807) is 0 Å². The molecule has 0 unspecified atom stereocenters. The van der Waals surface area contributed by atoms with Crippen LogP contribution in [-0.2, 0) is 4.74 Å². The molecule has 0 N–H and O–H groups in total. The van der Waals surface area contributed by atoms with Crippen molar-refractivity contribution in [2.75, 3.05) is 13.2 Å². The van der Waals surface area contributed by atoms with Crippen molar-refractivity contribution in [3.63, 3.8) is 0 Å². The number of aryl methyl sites for hydroxylation is 1. The summed E-state index contributed by atoms with van der Waals surface area (Å²) < 4.78 is 12.1. The van der Waals surface area contributed by atoms with Gasteiger partial charge in [0.05, 0.1) is 13.2 Å². The minimum atomic E-state index is 0.225. The first kappa shape index (κ1) is 9.99. The molecule has 1 fully saturated rings. The predicted molar refractivity (Wildman–Crippen MR) is 58.7 cm³/mol. The Hall–Kier alpha value is -0.540. The summed E-state index contributed by atoms with van der Waals surface area (Å²) in [5.41, 5.74) is 1.17. The Labute approximate surface area is 92.3 Å². The van der Waals surface area contributed by atoms with E-state index in [2.05, 4.69) is 28.9 Å². The monoisotopic (exact) mass is 256 g/mol. The largest absolute Gasteiger partial charge is 0.488 e. The molecule has 1 saturated heterocycles. The minimum Gasteiger partial charge on any atom is -0.488 e. The Morgan fingerprint density at radius 3 is 3.07 bits per heavy atom. The van der Waals surface area contributed by atoms with Crippen LogP contribution in [0.5, 0.6) is 5.75 Å². The minimum absolute atomic E-state index is 0.225. The fourth-order valence-electron chi connectivity index (χ4n) is 1.49. The van der Waals surface area contributed by atoms with Gasteiger partial charge < -0.3 is 9.47 Å². The van der Waals surface area contributed by atoms with Crippen LogP contribution in [0, 0.1) is 6.92 Å². The molecule has 1 aromatic carbocycles. The van der Waals surface area contributed by atoms with Crippen LogP contribution in [0.1, 0.15) is 12.0 Å². The smallest absolute Gasteiger partial charge is 0.124 e. The van der Waals surface area contributed by atoms with E-state index in [0.29, 0.717) is 6.61 Å². The number of ether oxygens (including phenoxy) is 2. The Morgan fingerprint density at radius 1 is 1.50 bits per heavy atom. The number of hydrogen-bond acceptors (Lipinski definition) is 2. The molecule has 1 heterocycles. The van der Waals surface area contributed by atoms with Gasteiger partial charge in [0.2, 0.25) is 0 Å². The van der Waals surface area contributed by atoms with Crippen LogP contribution in [0.15, 0.2) is 22.7 Å². The number of halogens is 1. The lowest BCUT2D eigenvalue weighted by atomic mass is 10.2. The number of rotatable bonds is 2. The predicted octanol–water partition coefficient (Wildman–Crippen LogP) is 2.93. The van der Waals surface area contributed by atoms with E-state index >= 15 is 0 Å². The zero-order chi connectivity index (χ0) is 9.97. The highest BCUT2D eigenvalue weighted by Gasteiger charge is 2.17. The van der Waals surface area contributed by atoms with Gasteiger partial charge in [0.25, 0.3) is 0 Å². The molecule has 1 aliphatic heterocycles. The third kappa shape index (κ3) is 2.28. The first-order valence-electron chi connectivity index (χ1n) is 4.76. The average molecular weight is 257 g/mol. The van der Waals surface area contributed by atoms with E-state index in [-0.39, 0.29) is 6.10 Å². The quantitative estimate of drug-likeness (QED) is 0.811. The van der Waals surface area contributed by atoms with Crippen molar-refractivity contribution < 1.29 is 9.47 Å². The topological polar surface area (TPSA) is 18.5 Å². The van der Waals surface area contributed by atoms with Gasteiger partial charge >= 0.3 is 0 Å². The standard InChI is InChI=1S/C11H13BrO2/c1-8-2-3-9(12)6-11(8)14-10-4-5-13-7-10/h2-3,6,10H,4-5,7H2,1H3/t10-/m1/s1. The van der Waals surface area contributed by atoms with Crippen molar-refractivity contribution in [2.24, 2.45) is 0 Å². The molecule has 2 nitrogen and oxygen atoms in total. The Balaban J connectivity index is 2.10. The average Bonchev–Trinajstić information content (AvgIpc) is 2.64. The van der Waals surface area contributed by atoms with E-state index in [4.69, 9.17) is 9.47 Å². The highest BCUT2D eigenvalue weighted by Crippen LogP contribution is 2.25. The zero-order valence-corrected chi connectivity index (χ0v) is 9.71. The maximum atomic E-state index is 5.83. The van der Waals surface area contributed by atoms with Crippen molar-refractivity contribution in [1.29, 1.82) is 0 Å². The molecule has 0 saturated carbocycles. The maximum Gasteiger partial charge on any atom is 0.124 e. The summed E-state index contributed by atoms with van der Waals surface area (Å²) in [6.45, 7) is 3.58. The highest BCUT2D eigenvalue weighted by atomic mass is 79.9. The molecule has 0 aromatic heterocycles. The van der Waals surface area contributed by atoms with Crippen molar-refractivity contribution in [2.45, 2.75) is 19.4 Å². The molecule has 3 heteroatoms. The van der Waals surface area contributed by atoms with Gasteiger partial charge in [-0.3, -0.25) is 0 Å². The van der Waals surface area contributed by atoms with Gasteiger partial charge in [0.15, 0.2) is 0 Å². The molecule has 0 bridgehead atoms. The maximum absolute atomic E-state index is 5.83. The fraction of sp³-hybridized carbons (Fsp3) is 0.455. The Bertz CT molecular complexity index is 319. The van der Waals surface area contributed by atoms with Gasteiger partial charge in [-0.1, -0.05) is 22.0 Å². The molecule has 0 radical (unpaired) electrons. The van der Waals surface area contributed by atoms with Crippen LogP contribution in [0.25, 0.3) is 0 Å². The SMILES string of the molecule is Cc1ccc(Br)cc1O[C@@H]1CCOC1. The van der Waals surface area contributed by atoms with Gasteiger partial charge in [0, 0.05) is 10.9 Å². The normalized spacial score (nSPS) is 21.1. The van der Waals surface area contributed by atoms with Gasteiger partial charge in [-0.05, 0) is 24.6 Å². The van der Waals surface area contributed by atoms with E-state index in [9.17, 15) is 0 Å². The summed E-state index contributed by atoms with van der Waals surface area (Å²) in [5.74, 6) is 0.954. The van der Waals surface area contributed by atoms with Crippen LogP contribution in [0.4, 0.5) is 0 Å². The van der Waals surface area contributed by atoms with Crippen LogP contribution in [-0.4, -0.2) is 19.3 Å². The van der Waals surface area contributed by atoms with E-state index in [0.717, 1.165) is 23.2 Å². The van der Waals surface area contributed by atoms with Gasteiger partial charge in [-0.2, -0.15) is 0 Å². The second-order valence-electron chi connectivity index (χ2n) is 3.51. The highest BCUT2D eigenvalue weighted by molar-refractivity contribution is 9.10. The summed E-state index contributed by atoms with van der Waals surface area (Å²) in [7, 11) is 0. The van der Waals surface area contributed by atoms with Crippen molar-refractivity contribution in [1.82, 2.24) is 0 Å². The summed E-state index contributed by atoms with van der Waals surface area (Å²) in [6.07, 6.45) is 1.22. The molecule has 1 aromatic rings. The third-order valence-corrected chi connectivity index (χ3v) is 2.82. The van der Waals surface area contributed by atoms with Crippen LogP contribution >= 0.6 is 15.9 Å². The third-order valence-electron chi connectivity index (χ3n) is 2.33. The second-order valence-corrected chi connectivity index (χ2v) is 4.43. The Kier molecular flexibility index (Phi) is 3.08. The lowest BCUT2D eigenvalue weighted by Crippen LogP contribution is -2.16. The molecule has 0 aliphatic carbocycles. The summed E-state index contributed by atoms with van der Waals surface area (Å²) in [6, 6.07) is 6.08. The number of benzene rings is 1. The summed E-state index contributed by atoms with van der Waals surface area (Å²) in [5, 5.41) is 0. The lowest BCUT2D eigenvalue weighted by Gasteiger charge is -2.14. The second kappa shape index (κ2) is 4.32. The zero-order valence-electron chi connectivity index (χ0n) is 8.13. The molecule has 76 valence electrons. The van der Waals surface area contributed by atoms with E-state index in [1.807, 2.05) is 12.1 Å². The van der Waals surface area contributed by atoms with Crippen LogP contribution < -0.4 is 4.74 Å². The van der Waals surface area contributed by atoms with E-state index < -0.39 is 0 Å².